The molecule has 1 unspecified atom stereocenters. The Morgan fingerprint density at radius 2 is 1.82 bits per heavy atom. The van der Waals surface area contributed by atoms with Crippen molar-refractivity contribution in [3.63, 3.8) is 0 Å². The van der Waals surface area contributed by atoms with Gasteiger partial charge in [0.1, 0.15) is 5.69 Å². The molecule has 0 saturated heterocycles. The predicted octanol–water partition coefficient (Wildman–Crippen LogP) is 1.24. The minimum atomic E-state index is 1.21. The van der Waals surface area contributed by atoms with E-state index in [1.165, 1.54) is 23.6 Å². The summed E-state index contributed by atoms with van der Waals surface area (Å²) >= 11 is 0. The largest absolute Gasteiger partial charge is 0.305 e. The maximum atomic E-state index is 2.21. The van der Waals surface area contributed by atoms with Crippen molar-refractivity contribution < 1.29 is 4.90 Å². The molecule has 0 bridgehead atoms. The molecule has 60 valence electrons. The molecule has 1 aromatic rings. The van der Waals surface area contributed by atoms with Crippen LogP contribution in [0.25, 0.3) is 0 Å². The molecule has 0 saturated carbocycles. The highest BCUT2D eigenvalue weighted by Gasteiger charge is 2.01. The summed E-state index contributed by atoms with van der Waals surface area (Å²) in [6.45, 7) is 3.43. The molecule has 0 aliphatic rings. The second-order valence-electron chi connectivity index (χ2n) is 2.90. The topological polar surface area (TPSA) is 4.44 Å². The first-order valence-corrected chi connectivity index (χ1v) is 4.22. The third-order valence-corrected chi connectivity index (χ3v) is 1.89. The Morgan fingerprint density at radius 1 is 1.18 bits per heavy atom. The summed E-state index contributed by atoms with van der Waals surface area (Å²) in [6.07, 6.45) is 1.24. The lowest BCUT2D eigenvalue weighted by Crippen LogP contribution is -3.03. The number of nitrogens with one attached hydrogen (secondary N) is 1. The molecule has 0 amide bonds. The van der Waals surface area contributed by atoms with Crippen LogP contribution in [0.1, 0.15) is 13.3 Å². The number of para-hydroxylation sites is 1. The summed E-state index contributed by atoms with van der Waals surface area (Å²) in [4.78, 5) is 1.49. The van der Waals surface area contributed by atoms with Gasteiger partial charge < -0.3 is 4.90 Å². The van der Waals surface area contributed by atoms with Gasteiger partial charge in [-0.25, -0.2) is 0 Å². The number of hydrogen-bond acceptors (Lipinski definition) is 0. The highest BCUT2D eigenvalue weighted by molar-refractivity contribution is 5.27. The molecular formula is C10H16N+. The number of rotatable bonds is 3. The summed E-state index contributed by atoms with van der Waals surface area (Å²) < 4.78 is 0. The smallest absolute Gasteiger partial charge is 0.130 e. The van der Waals surface area contributed by atoms with Gasteiger partial charge in [-0.2, -0.15) is 0 Å². The molecule has 0 radical (unpaired) electrons. The first kappa shape index (κ1) is 8.28. The van der Waals surface area contributed by atoms with Crippen molar-refractivity contribution in [2.45, 2.75) is 13.3 Å². The van der Waals surface area contributed by atoms with Crippen molar-refractivity contribution in [3.8, 4) is 0 Å². The van der Waals surface area contributed by atoms with Crippen LogP contribution in [0.5, 0.6) is 0 Å². The van der Waals surface area contributed by atoms with Crippen LogP contribution in [-0.2, 0) is 0 Å². The molecule has 11 heavy (non-hydrogen) atoms. The maximum absolute atomic E-state index is 2.21. The Balaban J connectivity index is 2.61. The van der Waals surface area contributed by atoms with Crippen molar-refractivity contribution in [2.75, 3.05) is 13.6 Å². The highest BCUT2D eigenvalue weighted by atomic mass is 15.1. The third kappa shape index (κ3) is 2.35. The van der Waals surface area contributed by atoms with Crippen LogP contribution in [0, 0.1) is 0 Å². The van der Waals surface area contributed by atoms with Crippen molar-refractivity contribution in [1.29, 1.82) is 0 Å². The average molecular weight is 150 g/mol. The van der Waals surface area contributed by atoms with E-state index in [2.05, 4.69) is 44.3 Å². The summed E-state index contributed by atoms with van der Waals surface area (Å²) in [5.41, 5.74) is 1.38. The van der Waals surface area contributed by atoms with Gasteiger partial charge in [-0.05, 0) is 18.6 Å². The van der Waals surface area contributed by atoms with Crippen LogP contribution >= 0.6 is 0 Å². The Morgan fingerprint density at radius 3 is 2.36 bits per heavy atom. The van der Waals surface area contributed by atoms with Crippen LogP contribution in [0.3, 0.4) is 0 Å². The van der Waals surface area contributed by atoms with Gasteiger partial charge in [-0.1, -0.05) is 25.1 Å². The molecule has 1 heteroatoms. The van der Waals surface area contributed by atoms with Gasteiger partial charge in [-0.3, -0.25) is 0 Å². The second-order valence-corrected chi connectivity index (χ2v) is 2.90. The lowest BCUT2D eigenvalue weighted by atomic mass is 10.3. The van der Waals surface area contributed by atoms with E-state index in [0.717, 1.165) is 0 Å². The van der Waals surface area contributed by atoms with E-state index in [1.54, 1.807) is 0 Å². The summed E-state index contributed by atoms with van der Waals surface area (Å²) in [5, 5.41) is 0. The number of quaternary nitrogens is 1. The Kier molecular flexibility index (Phi) is 3.12. The van der Waals surface area contributed by atoms with Crippen molar-refractivity contribution >= 4 is 5.69 Å². The summed E-state index contributed by atoms with van der Waals surface area (Å²) in [5.74, 6) is 0. The van der Waals surface area contributed by atoms with Gasteiger partial charge in [0.05, 0.1) is 13.6 Å². The molecule has 1 nitrogen and oxygen atoms in total. The van der Waals surface area contributed by atoms with E-state index >= 15 is 0 Å². The molecule has 0 fully saturated rings. The standard InChI is InChI=1S/C10H15N/c1-3-9-11(2)10-7-5-4-6-8-10/h4-8H,3,9H2,1-2H3/p+1. The van der Waals surface area contributed by atoms with E-state index < -0.39 is 0 Å². The Bertz CT molecular complexity index is 193. The van der Waals surface area contributed by atoms with E-state index in [-0.39, 0.29) is 0 Å². The second kappa shape index (κ2) is 4.14. The van der Waals surface area contributed by atoms with Gasteiger partial charge in [0.2, 0.25) is 0 Å². The number of benzene rings is 1. The Labute approximate surface area is 68.7 Å². The molecule has 1 aromatic carbocycles. The molecule has 0 aliphatic heterocycles. The van der Waals surface area contributed by atoms with Crippen LogP contribution in [0.15, 0.2) is 30.3 Å². The first-order chi connectivity index (χ1) is 5.34. The van der Waals surface area contributed by atoms with Crippen molar-refractivity contribution in [3.05, 3.63) is 30.3 Å². The van der Waals surface area contributed by atoms with Crippen molar-refractivity contribution in [1.82, 2.24) is 0 Å². The van der Waals surface area contributed by atoms with Gasteiger partial charge in [0.15, 0.2) is 0 Å². The zero-order valence-corrected chi connectivity index (χ0v) is 7.30. The first-order valence-electron chi connectivity index (χ1n) is 4.22. The molecule has 1 rings (SSSR count). The maximum Gasteiger partial charge on any atom is 0.130 e. The van der Waals surface area contributed by atoms with E-state index in [0.29, 0.717) is 0 Å². The van der Waals surface area contributed by atoms with Gasteiger partial charge >= 0.3 is 0 Å². The quantitative estimate of drug-likeness (QED) is 0.661. The normalized spacial score (nSPS) is 12.9. The van der Waals surface area contributed by atoms with Gasteiger partial charge in [-0.15, -0.1) is 0 Å². The monoisotopic (exact) mass is 150 g/mol. The third-order valence-electron chi connectivity index (χ3n) is 1.89. The van der Waals surface area contributed by atoms with Crippen LogP contribution in [0.2, 0.25) is 0 Å². The fourth-order valence-electron chi connectivity index (χ4n) is 1.24. The fourth-order valence-corrected chi connectivity index (χ4v) is 1.24. The van der Waals surface area contributed by atoms with E-state index in [4.69, 9.17) is 0 Å². The number of hydrogen-bond donors (Lipinski definition) is 1. The molecule has 0 aromatic heterocycles. The van der Waals surface area contributed by atoms with Gasteiger partial charge in [0, 0.05) is 0 Å². The van der Waals surface area contributed by atoms with E-state index in [9.17, 15) is 0 Å². The summed E-state index contributed by atoms with van der Waals surface area (Å²) in [7, 11) is 2.21. The van der Waals surface area contributed by atoms with Crippen LogP contribution in [-0.4, -0.2) is 13.6 Å². The molecule has 0 aliphatic carbocycles. The average Bonchev–Trinajstić information content (AvgIpc) is 2.07. The molecule has 0 heterocycles. The van der Waals surface area contributed by atoms with Crippen LogP contribution in [0.4, 0.5) is 5.69 Å². The zero-order valence-electron chi connectivity index (χ0n) is 7.30. The zero-order chi connectivity index (χ0) is 8.10. The molecule has 1 N–H and O–H groups in total. The lowest BCUT2D eigenvalue weighted by Gasteiger charge is -2.11. The lowest BCUT2D eigenvalue weighted by molar-refractivity contribution is -0.810. The highest BCUT2D eigenvalue weighted by Crippen LogP contribution is 1.97. The molecule has 1 atom stereocenters. The minimum Gasteiger partial charge on any atom is -0.305 e. The fraction of sp³-hybridized carbons (Fsp3) is 0.400. The van der Waals surface area contributed by atoms with E-state index in [1.807, 2.05) is 0 Å². The van der Waals surface area contributed by atoms with Crippen LogP contribution < -0.4 is 4.90 Å². The van der Waals surface area contributed by atoms with Gasteiger partial charge in [0.25, 0.3) is 0 Å². The minimum absolute atomic E-state index is 1.21. The predicted molar refractivity (Wildman–Crippen MR) is 48.1 cm³/mol. The SMILES string of the molecule is CCC[NH+](C)c1ccccc1. The molecular weight excluding hydrogens is 134 g/mol. The summed E-state index contributed by atoms with van der Waals surface area (Å²) in [6, 6.07) is 10.6. The van der Waals surface area contributed by atoms with Crippen molar-refractivity contribution in [2.24, 2.45) is 0 Å². The Hall–Kier alpha value is -0.820. The molecule has 0 spiro atoms.